The number of rotatable bonds is 4. The van der Waals surface area contributed by atoms with E-state index in [0.29, 0.717) is 6.54 Å². The molecule has 2 N–H and O–H groups in total. The highest BCUT2D eigenvalue weighted by Crippen LogP contribution is 2.35. The molecule has 0 amide bonds. The van der Waals surface area contributed by atoms with Crippen LogP contribution in [0.4, 0.5) is 0 Å². The summed E-state index contributed by atoms with van der Waals surface area (Å²) in [5.41, 5.74) is 1.84. The van der Waals surface area contributed by atoms with E-state index in [-0.39, 0.29) is 0 Å². The summed E-state index contributed by atoms with van der Waals surface area (Å²) >= 11 is 0. The molecule has 0 bridgehead atoms. The van der Waals surface area contributed by atoms with Gasteiger partial charge in [0.05, 0.1) is 0 Å². The monoisotopic (exact) mass is 231 g/mol. The van der Waals surface area contributed by atoms with Crippen LogP contribution in [-0.4, -0.2) is 18.2 Å². The molecule has 1 saturated carbocycles. The molecule has 1 aromatic rings. The van der Waals surface area contributed by atoms with Crippen LogP contribution in [0.1, 0.15) is 36.8 Å². The third kappa shape index (κ3) is 2.38. The molecule has 17 heavy (non-hydrogen) atoms. The molecule has 2 nitrogen and oxygen atoms in total. The number of hydrogen-bond acceptors (Lipinski definition) is 2. The maximum atomic E-state index is 10.8. The highest BCUT2D eigenvalue weighted by Gasteiger charge is 2.34. The summed E-state index contributed by atoms with van der Waals surface area (Å²) in [4.78, 5) is 0. The van der Waals surface area contributed by atoms with Crippen LogP contribution in [0, 0.1) is 5.92 Å². The summed E-state index contributed by atoms with van der Waals surface area (Å²) in [7, 11) is 0. The van der Waals surface area contributed by atoms with Gasteiger partial charge >= 0.3 is 0 Å². The molecule has 0 spiro atoms. The van der Waals surface area contributed by atoms with Gasteiger partial charge in [0.1, 0.15) is 5.60 Å². The van der Waals surface area contributed by atoms with Gasteiger partial charge < -0.3 is 10.4 Å². The Balaban J connectivity index is 1.72. The van der Waals surface area contributed by atoms with Crippen molar-refractivity contribution in [3.63, 3.8) is 0 Å². The smallest absolute Gasteiger partial charge is 0.102 e. The Morgan fingerprint density at radius 3 is 2.94 bits per heavy atom. The second kappa shape index (κ2) is 4.43. The predicted octanol–water partition coefficient (Wildman–Crippen LogP) is 2.21. The summed E-state index contributed by atoms with van der Waals surface area (Å²) in [5.74, 6) is 0.873. The molecule has 1 fully saturated rings. The van der Waals surface area contributed by atoms with Gasteiger partial charge in [-0.25, -0.2) is 0 Å². The molecular formula is C15H21NO. The zero-order valence-electron chi connectivity index (χ0n) is 10.3. The second-order valence-electron chi connectivity index (χ2n) is 5.62. The average molecular weight is 231 g/mol. The van der Waals surface area contributed by atoms with E-state index in [0.717, 1.165) is 37.3 Å². The molecule has 0 saturated heterocycles. The Labute approximate surface area is 103 Å². The first-order valence-electron chi connectivity index (χ1n) is 6.79. The van der Waals surface area contributed by atoms with E-state index in [1.54, 1.807) is 0 Å². The van der Waals surface area contributed by atoms with Crippen molar-refractivity contribution in [3.05, 3.63) is 35.4 Å². The highest BCUT2D eigenvalue weighted by atomic mass is 16.3. The van der Waals surface area contributed by atoms with Gasteiger partial charge in [-0.1, -0.05) is 24.3 Å². The van der Waals surface area contributed by atoms with E-state index in [9.17, 15) is 5.11 Å². The topological polar surface area (TPSA) is 32.3 Å². The summed E-state index contributed by atoms with van der Waals surface area (Å²) in [5, 5.41) is 14.2. The maximum Gasteiger partial charge on any atom is 0.102 e. The van der Waals surface area contributed by atoms with E-state index >= 15 is 0 Å². The second-order valence-corrected chi connectivity index (χ2v) is 5.62. The van der Waals surface area contributed by atoms with E-state index in [2.05, 4.69) is 23.5 Å². The Hall–Kier alpha value is -0.860. The van der Waals surface area contributed by atoms with Crippen molar-refractivity contribution in [2.45, 2.75) is 37.7 Å². The summed E-state index contributed by atoms with van der Waals surface area (Å²) in [6, 6.07) is 8.35. The van der Waals surface area contributed by atoms with E-state index < -0.39 is 5.60 Å². The van der Waals surface area contributed by atoms with Gasteiger partial charge in [-0.3, -0.25) is 0 Å². The molecule has 1 unspecified atom stereocenters. The lowest BCUT2D eigenvalue weighted by Gasteiger charge is -2.34. The molecule has 2 heteroatoms. The van der Waals surface area contributed by atoms with Gasteiger partial charge in [0.2, 0.25) is 0 Å². The van der Waals surface area contributed by atoms with Crippen LogP contribution in [0.15, 0.2) is 24.3 Å². The Morgan fingerprint density at radius 2 is 2.12 bits per heavy atom. The maximum absolute atomic E-state index is 10.8. The van der Waals surface area contributed by atoms with Gasteiger partial charge in [-0.2, -0.15) is 0 Å². The van der Waals surface area contributed by atoms with E-state index in [1.807, 2.05) is 6.07 Å². The zero-order valence-corrected chi connectivity index (χ0v) is 10.3. The van der Waals surface area contributed by atoms with Crippen molar-refractivity contribution in [1.29, 1.82) is 0 Å². The summed E-state index contributed by atoms with van der Waals surface area (Å²) in [6.07, 6.45) is 5.82. The standard InChI is InChI=1S/C15H21NO/c17-15(11-16-10-12-7-8-12)9-3-5-13-4-1-2-6-14(13)15/h1-2,4,6,12,16-17H,3,5,7-11H2. The third-order valence-electron chi connectivity index (χ3n) is 4.10. The molecule has 2 aliphatic rings. The van der Waals surface area contributed by atoms with Gasteiger partial charge in [0, 0.05) is 6.54 Å². The van der Waals surface area contributed by atoms with Crippen LogP contribution >= 0.6 is 0 Å². The van der Waals surface area contributed by atoms with E-state index in [4.69, 9.17) is 0 Å². The number of aliphatic hydroxyl groups is 1. The van der Waals surface area contributed by atoms with Crippen LogP contribution in [0.2, 0.25) is 0 Å². The van der Waals surface area contributed by atoms with Gasteiger partial charge in [-0.15, -0.1) is 0 Å². The largest absolute Gasteiger partial charge is 0.384 e. The first-order chi connectivity index (χ1) is 8.28. The van der Waals surface area contributed by atoms with Crippen molar-refractivity contribution in [3.8, 4) is 0 Å². The minimum Gasteiger partial charge on any atom is -0.384 e. The van der Waals surface area contributed by atoms with Crippen LogP contribution in [-0.2, 0) is 12.0 Å². The molecule has 0 aromatic heterocycles. The molecule has 3 rings (SSSR count). The predicted molar refractivity (Wildman–Crippen MR) is 68.9 cm³/mol. The molecule has 92 valence electrons. The lowest BCUT2D eigenvalue weighted by molar-refractivity contribution is 0.0192. The number of fused-ring (bicyclic) bond motifs is 1. The Kier molecular flexibility index (Phi) is 2.93. The minimum atomic E-state index is -0.635. The third-order valence-corrected chi connectivity index (χ3v) is 4.10. The lowest BCUT2D eigenvalue weighted by atomic mass is 9.79. The number of hydrogen-bond donors (Lipinski definition) is 2. The van der Waals surface area contributed by atoms with Crippen molar-refractivity contribution >= 4 is 0 Å². The average Bonchev–Trinajstić information content (AvgIpc) is 3.14. The first kappa shape index (κ1) is 11.2. The first-order valence-corrected chi connectivity index (χ1v) is 6.79. The fourth-order valence-electron chi connectivity index (χ4n) is 2.89. The zero-order chi connectivity index (χ0) is 11.7. The molecule has 0 heterocycles. The number of aryl methyl sites for hydroxylation is 1. The quantitative estimate of drug-likeness (QED) is 0.832. The number of nitrogens with one attached hydrogen (secondary N) is 1. The molecule has 0 aliphatic heterocycles. The molecule has 0 radical (unpaired) electrons. The molecule has 1 atom stereocenters. The van der Waals surface area contributed by atoms with Crippen molar-refractivity contribution in [1.82, 2.24) is 5.32 Å². The molecule has 2 aliphatic carbocycles. The van der Waals surface area contributed by atoms with Crippen molar-refractivity contribution in [2.75, 3.05) is 13.1 Å². The Morgan fingerprint density at radius 1 is 1.29 bits per heavy atom. The van der Waals surface area contributed by atoms with Crippen LogP contribution in [0.5, 0.6) is 0 Å². The van der Waals surface area contributed by atoms with Gasteiger partial charge in [-0.05, 0) is 55.7 Å². The summed E-state index contributed by atoms with van der Waals surface area (Å²) in [6.45, 7) is 1.78. The van der Waals surface area contributed by atoms with Gasteiger partial charge in [0.15, 0.2) is 0 Å². The lowest BCUT2D eigenvalue weighted by Crippen LogP contribution is -2.41. The highest BCUT2D eigenvalue weighted by molar-refractivity contribution is 5.34. The fraction of sp³-hybridized carbons (Fsp3) is 0.600. The molecule has 1 aromatic carbocycles. The minimum absolute atomic E-state index is 0.635. The number of benzene rings is 1. The van der Waals surface area contributed by atoms with Gasteiger partial charge in [0.25, 0.3) is 0 Å². The SMILES string of the molecule is OC1(CNCC2CC2)CCCc2ccccc21. The van der Waals surface area contributed by atoms with Crippen LogP contribution < -0.4 is 5.32 Å². The Bertz CT molecular complexity index is 400. The van der Waals surface area contributed by atoms with Crippen LogP contribution in [0.3, 0.4) is 0 Å². The fourth-order valence-corrected chi connectivity index (χ4v) is 2.89. The summed E-state index contributed by atoms with van der Waals surface area (Å²) < 4.78 is 0. The van der Waals surface area contributed by atoms with Crippen molar-refractivity contribution in [2.24, 2.45) is 5.92 Å². The molecular weight excluding hydrogens is 210 g/mol. The van der Waals surface area contributed by atoms with E-state index in [1.165, 1.54) is 18.4 Å². The normalized spacial score (nSPS) is 27.8. The van der Waals surface area contributed by atoms with Crippen LogP contribution in [0.25, 0.3) is 0 Å². The van der Waals surface area contributed by atoms with Crippen molar-refractivity contribution < 1.29 is 5.11 Å².